The molecule has 28 heavy (non-hydrogen) atoms. The summed E-state index contributed by atoms with van der Waals surface area (Å²) in [6.07, 6.45) is 18.4. The van der Waals surface area contributed by atoms with E-state index in [1.165, 1.54) is 25.7 Å². The molecule has 0 radical (unpaired) electrons. The zero-order valence-electron chi connectivity index (χ0n) is 20.3. The molecule has 0 aromatic carbocycles. The van der Waals surface area contributed by atoms with E-state index < -0.39 is 0 Å². The molecule has 0 aromatic heterocycles. The van der Waals surface area contributed by atoms with Crippen molar-refractivity contribution in [3.63, 3.8) is 0 Å². The van der Waals surface area contributed by atoms with E-state index in [9.17, 15) is 0 Å². The van der Waals surface area contributed by atoms with Crippen molar-refractivity contribution in [3.05, 3.63) is 0 Å². The van der Waals surface area contributed by atoms with Gasteiger partial charge in [0, 0.05) is 0 Å². The maximum atomic E-state index is 2.62. The van der Waals surface area contributed by atoms with Crippen LogP contribution < -0.4 is 0 Å². The zero-order chi connectivity index (χ0) is 20.3. The van der Waals surface area contributed by atoms with E-state index in [4.69, 9.17) is 0 Å². The van der Waals surface area contributed by atoms with E-state index in [2.05, 4.69) is 41.5 Å². The molecule has 0 spiro atoms. The van der Waals surface area contributed by atoms with E-state index in [1.807, 2.05) is 0 Å². The third-order valence-corrected chi connectivity index (χ3v) is 9.78. The summed E-state index contributed by atoms with van der Waals surface area (Å²) in [5, 5.41) is 0. The predicted molar refractivity (Wildman–Crippen MR) is 124 cm³/mol. The van der Waals surface area contributed by atoms with Crippen LogP contribution in [0, 0.1) is 59.2 Å². The van der Waals surface area contributed by atoms with Gasteiger partial charge in [0.25, 0.3) is 0 Å². The minimum atomic E-state index is 0.854. The molecule has 9 unspecified atom stereocenters. The highest BCUT2D eigenvalue weighted by Gasteiger charge is 2.41. The molecular formula is C28H52. The molecule has 0 N–H and O–H groups in total. The van der Waals surface area contributed by atoms with Crippen LogP contribution in [0.1, 0.15) is 119 Å². The van der Waals surface area contributed by atoms with Gasteiger partial charge in [-0.2, -0.15) is 0 Å². The smallest absolute Gasteiger partial charge is 0.0380 e. The van der Waals surface area contributed by atoms with Gasteiger partial charge in [0.15, 0.2) is 0 Å². The van der Waals surface area contributed by atoms with Gasteiger partial charge in [-0.3, -0.25) is 0 Å². The Morgan fingerprint density at radius 2 is 1.39 bits per heavy atom. The van der Waals surface area contributed by atoms with E-state index in [0.717, 1.165) is 59.2 Å². The summed E-state index contributed by atoms with van der Waals surface area (Å²) in [7, 11) is 0. The quantitative estimate of drug-likeness (QED) is 0.426. The molecule has 0 nitrogen and oxygen atoms in total. The normalized spacial score (nSPS) is 43.0. The third kappa shape index (κ3) is 5.78. The van der Waals surface area contributed by atoms with Gasteiger partial charge in [-0.1, -0.05) is 60.8 Å². The Balaban J connectivity index is 1.74. The fourth-order valence-corrected chi connectivity index (χ4v) is 7.82. The van der Waals surface area contributed by atoms with Gasteiger partial charge in [-0.15, -0.1) is 0 Å². The molecule has 0 aromatic rings. The van der Waals surface area contributed by atoms with Crippen LogP contribution in [0.2, 0.25) is 0 Å². The highest BCUT2D eigenvalue weighted by atomic mass is 14.5. The lowest BCUT2D eigenvalue weighted by Crippen LogP contribution is -2.38. The average Bonchev–Trinajstić information content (AvgIpc) is 2.60. The number of hydrogen-bond acceptors (Lipinski definition) is 0. The topological polar surface area (TPSA) is 0 Å². The van der Waals surface area contributed by atoms with Gasteiger partial charge in [-0.05, 0) is 117 Å². The Morgan fingerprint density at radius 3 is 2.04 bits per heavy atom. The summed E-state index contributed by atoms with van der Waals surface area (Å²) in [6, 6.07) is 0. The number of rotatable bonds is 6. The number of hydrogen-bond donors (Lipinski definition) is 0. The van der Waals surface area contributed by atoms with Crippen LogP contribution >= 0.6 is 0 Å². The summed E-state index contributed by atoms with van der Waals surface area (Å²) in [5.74, 6) is 10.0. The molecule has 0 heteroatoms. The highest BCUT2D eigenvalue weighted by Crippen LogP contribution is 2.51. The highest BCUT2D eigenvalue weighted by molar-refractivity contribution is 4.92. The van der Waals surface area contributed by atoms with E-state index in [0.29, 0.717) is 0 Å². The molecule has 3 aliphatic carbocycles. The van der Waals surface area contributed by atoms with Crippen molar-refractivity contribution in [1.29, 1.82) is 0 Å². The largest absolute Gasteiger partial charge is 0.0654 e. The SMILES string of the molecule is CCCC1CC(CC)CC2CC(C1)CC1CC(C2)C(CC(C)C(C)C)CC1C. The van der Waals surface area contributed by atoms with E-state index >= 15 is 0 Å². The second kappa shape index (κ2) is 10.3. The Bertz CT molecular complexity index is 451. The van der Waals surface area contributed by atoms with Crippen molar-refractivity contribution in [2.24, 2.45) is 59.2 Å². The summed E-state index contributed by atoms with van der Waals surface area (Å²) in [4.78, 5) is 0. The first-order valence-corrected chi connectivity index (χ1v) is 13.4. The van der Waals surface area contributed by atoms with Crippen LogP contribution in [0.3, 0.4) is 0 Å². The summed E-state index contributed by atoms with van der Waals surface area (Å²) < 4.78 is 0. The first-order valence-electron chi connectivity index (χ1n) is 13.4. The summed E-state index contributed by atoms with van der Waals surface area (Å²) in [5.41, 5.74) is 0. The first kappa shape index (κ1) is 22.7. The molecule has 0 heterocycles. The van der Waals surface area contributed by atoms with Crippen LogP contribution in [0.25, 0.3) is 0 Å². The minimum absolute atomic E-state index is 0.854. The predicted octanol–water partition coefficient (Wildman–Crippen LogP) is 8.99. The second-order valence-electron chi connectivity index (χ2n) is 12.3. The third-order valence-electron chi connectivity index (χ3n) is 9.78. The molecule has 0 aliphatic heterocycles. The minimum Gasteiger partial charge on any atom is -0.0654 e. The first-order chi connectivity index (χ1) is 13.4. The van der Waals surface area contributed by atoms with Gasteiger partial charge < -0.3 is 0 Å². The lowest BCUT2D eigenvalue weighted by Gasteiger charge is -2.48. The molecule has 3 rings (SSSR count). The van der Waals surface area contributed by atoms with Crippen LogP contribution in [0.15, 0.2) is 0 Å². The molecule has 3 fully saturated rings. The van der Waals surface area contributed by atoms with Crippen molar-refractivity contribution in [2.75, 3.05) is 0 Å². The maximum absolute atomic E-state index is 2.62. The van der Waals surface area contributed by atoms with Crippen molar-refractivity contribution in [1.82, 2.24) is 0 Å². The van der Waals surface area contributed by atoms with E-state index in [1.54, 1.807) is 51.4 Å². The Labute approximate surface area is 178 Å². The molecule has 3 saturated carbocycles. The van der Waals surface area contributed by atoms with Gasteiger partial charge in [0.05, 0.1) is 0 Å². The zero-order valence-corrected chi connectivity index (χ0v) is 20.3. The molecule has 164 valence electrons. The van der Waals surface area contributed by atoms with Gasteiger partial charge in [-0.25, -0.2) is 0 Å². The average molecular weight is 389 g/mol. The van der Waals surface area contributed by atoms with Crippen molar-refractivity contribution in [3.8, 4) is 0 Å². The summed E-state index contributed by atoms with van der Waals surface area (Å²) >= 11 is 0. The molecular weight excluding hydrogens is 336 g/mol. The van der Waals surface area contributed by atoms with Crippen molar-refractivity contribution < 1.29 is 0 Å². The Morgan fingerprint density at radius 1 is 0.714 bits per heavy atom. The molecule has 9 atom stereocenters. The van der Waals surface area contributed by atoms with Crippen LogP contribution in [-0.4, -0.2) is 0 Å². The lowest BCUT2D eigenvalue weighted by molar-refractivity contribution is 0.0279. The monoisotopic (exact) mass is 388 g/mol. The number of fused-ring (bicyclic) bond motifs is 4. The van der Waals surface area contributed by atoms with Gasteiger partial charge >= 0.3 is 0 Å². The van der Waals surface area contributed by atoms with Gasteiger partial charge in [0.2, 0.25) is 0 Å². The van der Waals surface area contributed by atoms with Crippen molar-refractivity contribution in [2.45, 2.75) is 119 Å². The second-order valence-corrected chi connectivity index (χ2v) is 12.3. The van der Waals surface area contributed by atoms with Crippen LogP contribution in [0.4, 0.5) is 0 Å². The standard InChI is InChI=1S/C28H52/c1-7-9-23-12-22(8-2)13-24-15-25(14-23)16-26-18-28(17-24)27(11-21(26)6)10-20(5)19(3)4/h19-28H,7-18H2,1-6H3. The lowest BCUT2D eigenvalue weighted by atomic mass is 9.58. The maximum Gasteiger partial charge on any atom is -0.0380 e. The fraction of sp³-hybridized carbons (Fsp3) is 1.00. The Kier molecular flexibility index (Phi) is 8.38. The van der Waals surface area contributed by atoms with Crippen molar-refractivity contribution >= 4 is 0 Å². The molecule has 3 aliphatic rings. The molecule has 4 bridgehead atoms. The molecule has 0 amide bonds. The van der Waals surface area contributed by atoms with Crippen LogP contribution in [0.5, 0.6) is 0 Å². The fourth-order valence-electron chi connectivity index (χ4n) is 7.82. The van der Waals surface area contributed by atoms with E-state index in [-0.39, 0.29) is 0 Å². The van der Waals surface area contributed by atoms with Crippen LogP contribution in [-0.2, 0) is 0 Å². The Hall–Kier alpha value is 0. The van der Waals surface area contributed by atoms with Gasteiger partial charge in [0.1, 0.15) is 0 Å². The molecule has 0 saturated heterocycles. The summed E-state index contributed by atoms with van der Waals surface area (Å²) in [6.45, 7) is 14.9.